The van der Waals surface area contributed by atoms with Gasteiger partial charge in [-0.25, -0.2) is 0 Å². The molecule has 0 saturated carbocycles. The van der Waals surface area contributed by atoms with Gasteiger partial charge in [-0.2, -0.15) is 13.2 Å². The van der Waals surface area contributed by atoms with Crippen molar-refractivity contribution >= 4 is 23.7 Å². The molecule has 1 atom stereocenters. The highest BCUT2D eigenvalue weighted by Crippen LogP contribution is 2.55. The molecule has 3 rings (SSSR count). The summed E-state index contributed by atoms with van der Waals surface area (Å²) in [5.74, 6) is -0.591. The number of ketones is 1. The highest BCUT2D eigenvalue weighted by molar-refractivity contribution is 6.50. The van der Waals surface area contributed by atoms with Crippen LogP contribution < -0.4 is 0 Å². The van der Waals surface area contributed by atoms with Gasteiger partial charge in [-0.1, -0.05) is 49.4 Å². The van der Waals surface area contributed by atoms with Gasteiger partial charge in [0.2, 0.25) is 0 Å². The Morgan fingerprint density at radius 3 is 2.07 bits per heavy atom. The van der Waals surface area contributed by atoms with E-state index in [0.29, 0.717) is 5.39 Å². The number of halogens is 3. The second kappa shape index (κ2) is 6.60. The van der Waals surface area contributed by atoms with Crippen LogP contribution in [0.5, 0.6) is 0 Å². The standard InChI is InChI=1S/C21H24BF3O3/c1-18(2)19(3,4)28-22(27-18)20(5,21(23,24)25)13-17(26)16-12-8-10-14-9-6-7-11-15(14)16/h6-12H,13H2,1-5H3/t20-/m0/s1. The number of hydrogen-bond donors (Lipinski definition) is 0. The molecule has 1 saturated heterocycles. The molecule has 2 aromatic carbocycles. The zero-order valence-electron chi connectivity index (χ0n) is 16.7. The van der Waals surface area contributed by atoms with E-state index in [4.69, 9.17) is 9.31 Å². The van der Waals surface area contributed by atoms with Crippen LogP contribution in [0.15, 0.2) is 42.5 Å². The molecule has 0 spiro atoms. The van der Waals surface area contributed by atoms with Crippen molar-refractivity contribution in [2.45, 2.75) is 63.7 Å². The molecule has 0 aliphatic carbocycles. The Hall–Kier alpha value is -1.86. The van der Waals surface area contributed by atoms with E-state index in [9.17, 15) is 18.0 Å². The third kappa shape index (κ3) is 3.35. The normalized spacial score (nSPS) is 20.9. The van der Waals surface area contributed by atoms with Crippen LogP contribution in [0.25, 0.3) is 10.8 Å². The zero-order chi connectivity index (χ0) is 21.0. The van der Waals surface area contributed by atoms with Gasteiger partial charge < -0.3 is 9.31 Å². The number of Topliss-reactive ketones (excluding diaryl/α,β-unsaturated/α-hetero) is 1. The predicted octanol–water partition coefficient (Wildman–Crippen LogP) is 5.83. The van der Waals surface area contributed by atoms with Crippen LogP contribution in [-0.2, 0) is 9.31 Å². The molecular formula is C21H24BF3O3. The number of carbonyl (C=O) groups is 1. The van der Waals surface area contributed by atoms with Crippen LogP contribution in [0.4, 0.5) is 13.2 Å². The van der Waals surface area contributed by atoms with Crippen LogP contribution in [0.1, 0.15) is 51.4 Å². The van der Waals surface area contributed by atoms with Crippen LogP contribution >= 0.6 is 0 Å². The van der Waals surface area contributed by atoms with Crippen molar-refractivity contribution in [1.82, 2.24) is 0 Å². The van der Waals surface area contributed by atoms with Crippen LogP contribution in [0.3, 0.4) is 0 Å². The second-order valence-corrected chi connectivity index (χ2v) is 8.63. The average Bonchev–Trinajstić information content (AvgIpc) is 2.81. The average molecular weight is 392 g/mol. The first kappa shape index (κ1) is 20.9. The summed E-state index contributed by atoms with van der Waals surface area (Å²) in [4.78, 5) is 13.0. The van der Waals surface area contributed by atoms with E-state index >= 15 is 0 Å². The highest BCUT2D eigenvalue weighted by atomic mass is 19.4. The van der Waals surface area contributed by atoms with Gasteiger partial charge in [0.05, 0.1) is 11.2 Å². The highest BCUT2D eigenvalue weighted by Gasteiger charge is 2.67. The quantitative estimate of drug-likeness (QED) is 0.485. The maximum Gasteiger partial charge on any atom is 0.474 e. The summed E-state index contributed by atoms with van der Waals surface area (Å²) in [6, 6.07) is 12.2. The van der Waals surface area contributed by atoms with Gasteiger partial charge >= 0.3 is 13.3 Å². The fraction of sp³-hybridized carbons (Fsp3) is 0.476. The van der Waals surface area contributed by atoms with E-state index in [1.165, 1.54) is 0 Å². The molecule has 0 unspecified atom stereocenters. The molecule has 7 heteroatoms. The lowest BCUT2D eigenvalue weighted by molar-refractivity contribution is -0.168. The predicted molar refractivity (Wildman–Crippen MR) is 103 cm³/mol. The van der Waals surface area contributed by atoms with Gasteiger partial charge in [-0.3, -0.25) is 4.79 Å². The second-order valence-electron chi connectivity index (χ2n) is 8.63. The Bertz CT molecular complexity index is 886. The third-order valence-electron chi connectivity index (χ3n) is 6.04. The van der Waals surface area contributed by atoms with Gasteiger partial charge in [-0.15, -0.1) is 0 Å². The lowest BCUT2D eigenvalue weighted by Crippen LogP contribution is -2.45. The van der Waals surface area contributed by atoms with Gasteiger partial charge in [-0.05, 0) is 38.5 Å². The number of hydrogen-bond acceptors (Lipinski definition) is 3. The Morgan fingerprint density at radius 1 is 0.964 bits per heavy atom. The van der Waals surface area contributed by atoms with Crippen molar-refractivity contribution in [1.29, 1.82) is 0 Å². The molecule has 0 aromatic heterocycles. The monoisotopic (exact) mass is 392 g/mol. The lowest BCUT2D eigenvalue weighted by atomic mass is 9.55. The Balaban J connectivity index is 1.99. The van der Waals surface area contributed by atoms with Gasteiger partial charge in [0.1, 0.15) is 5.31 Å². The van der Waals surface area contributed by atoms with Crippen molar-refractivity contribution < 1.29 is 27.3 Å². The smallest absolute Gasteiger partial charge is 0.403 e. The van der Waals surface area contributed by atoms with Crippen molar-refractivity contribution in [2.75, 3.05) is 0 Å². The molecule has 0 amide bonds. The van der Waals surface area contributed by atoms with E-state index < -0.39 is 42.0 Å². The largest absolute Gasteiger partial charge is 0.474 e. The van der Waals surface area contributed by atoms with E-state index in [2.05, 4.69) is 0 Å². The summed E-state index contributed by atoms with van der Waals surface area (Å²) >= 11 is 0. The summed E-state index contributed by atoms with van der Waals surface area (Å²) in [6.07, 6.45) is -5.45. The van der Waals surface area contributed by atoms with E-state index in [1.54, 1.807) is 52.0 Å². The molecule has 0 bridgehead atoms. The minimum Gasteiger partial charge on any atom is -0.403 e. The number of fused-ring (bicyclic) bond motifs is 1. The van der Waals surface area contributed by atoms with Crippen LogP contribution in [0, 0.1) is 0 Å². The summed E-state index contributed by atoms with van der Waals surface area (Å²) in [5.41, 5.74) is -1.58. The van der Waals surface area contributed by atoms with E-state index in [-0.39, 0.29) is 5.56 Å². The molecule has 1 aliphatic heterocycles. The molecule has 0 N–H and O–H groups in total. The lowest BCUT2D eigenvalue weighted by Gasteiger charge is -2.33. The third-order valence-corrected chi connectivity index (χ3v) is 6.04. The summed E-state index contributed by atoms with van der Waals surface area (Å²) in [5, 5.41) is -1.04. The first-order chi connectivity index (χ1) is 12.8. The van der Waals surface area contributed by atoms with Crippen molar-refractivity contribution in [3.63, 3.8) is 0 Å². The molecule has 1 fully saturated rings. The number of alkyl halides is 3. The first-order valence-electron chi connectivity index (χ1n) is 9.22. The van der Waals surface area contributed by atoms with Crippen molar-refractivity contribution in [3.8, 4) is 0 Å². The maximum absolute atomic E-state index is 14.1. The number of rotatable bonds is 4. The van der Waals surface area contributed by atoms with Crippen LogP contribution in [-0.4, -0.2) is 30.3 Å². The molecule has 3 nitrogen and oxygen atoms in total. The first-order valence-corrected chi connectivity index (χ1v) is 9.22. The van der Waals surface area contributed by atoms with E-state index in [0.717, 1.165) is 12.3 Å². The minimum atomic E-state index is -4.69. The number of benzene rings is 2. The molecule has 0 radical (unpaired) electrons. The van der Waals surface area contributed by atoms with Gasteiger partial charge in [0, 0.05) is 12.0 Å². The summed E-state index contributed by atoms with van der Waals surface area (Å²) in [6.45, 7) is 7.76. The van der Waals surface area contributed by atoms with Gasteiger partial charge in [0.15, 0.2) is 5.78 Å². The van der Waals surface area contributed by atoms with E-state index in [1.807, 2.05) is 18.2 Å². The fourth-order valence-corrected chi connectivity index (χ4v) is 3.32. The Kier molecular flexibility index (Phi) is 4.92. The SMILES string of the molecule is CC1(C)OB([C@@](C)(CC(=O)c2cccc3ccccc23)C(F)(F)F)OC1(C)C. The minimum absolute atomic E-state index is 0.269. The topological polar surface area (TPSA) is 35.5 Å². The Morgan fingerprint density at radius 2 is 1.50 bits per heavy atom. The van der Waals surface area contributed by atoms with Crippen LogP contribution in [0.2, 0.25) is 5.31 Å². The zero-order valence-corrected chi connectivity index (χ0v) is 16.7. The molecule has 150 valence electrons. The molecular weight excluding hydrogens is 368 g/mol. The summed E-state index contributed by atoms with van der Waals surface area (Å²) in [7, 11) is -1.57. The fourth-order valence-electron chi connectivity index (χ4n) is 3.32. The molecule has 1 aliphatic rings. The Labute approximate surface area is 163 Å². The molecule has 28 heavy (non-hydrogen) atoms. The number of carbonyl (C=O) groups excluding carboxylic acids is 1. The van der Waals surface area contributed by atoms with Crippen molar-refractivity contribution in [2.24, 2.45) is 0 Å². The maximum atomic E-state index is 14.1. The van der Waals surface area contributed by atoms with Gasteiger partial charge in [0.25, 0.3) is 0 Å². The van der Waals surface area contributed by atoms with Crippen molar-refractivity contribution in [3.05, 3.63) is 48.0 Å². The molecule has 2 aromatic rings. The summed E-state index contributed by atoms with van der Waals surface area (Å²) < 4.78 is 53.8. The molecule has 1 heterocycles.